The van der Waals surface area contributed by atoms with E-state index in [1.807, 2.05) is 0 Å². The number of unbranched alkanes of at least 4 members (excludes halogenated alkanes) is 2. The topological polar surface area (TPSA) is 60.8 Å². The lowest BCUT2D eigenvalue weighted by molar-refractivity contribution is 0.0861. The Morgan fingerprint density at radius 3 is 2.59 bits per heavy atom. The Bertz CT molecular complexity index is 434. The quantitative estimate of drug-likeness (QED) is 0.811. The van der Waals surface area contributed by atoms with Gasteiger partial charge >= 0.3 is 0 Å². The molecule has 94 valence electrons. The molecule has 0 spiro atoms. The second-order valence-electron chi connectivity index (χ2n) is 4.13. The van der Waals surface area contributed by atoms with Crippen LogP contribution in [0.2, 0.25) is 0 Å². The fourth-order valence-electron chi connectivity index (χ4n) is 1.99. The van der Waals surface area contributed by atoms with Crippen molar-refractivity contribution in [3.05, 3.63) is 29.8 Å². The molecule has 1 aliphatic rings. The van der Waals surface area contributed by atoms with Crippen LogP contribution >= 0.6 is 10.8 Å². The zero-order chi connectivity index (χ0) is 12.5. The summed E-state index contributed by atoms with van der Waals surface area (Å²) in [6, 6.07) is 6.71. The van der Waals surface area contributed by atoms with E-state index in [0.717, 1.165) is 19.3 Å². The first-order valence-electron chi connectivity index (χ1n) is 5.78. The molecule has 0 saturated heterocycles. The lowest BCUT2D eigenvalue weighted by Gasteiger charge is -2.36. The Morgan fingerprint density at radius 1 is 1.24 bits per heavy atom. The molecule has 1 amide bonds. The van der Waals surface area contributed by atoms with Gasteiger partial charge in [-0.25, -0.2) is 4.31 Å². The molecule has 17 heavy (non-hydrogen) atoms. The average molecular weight is 255 g/mol. The van der Waals surface area contributed by atoms with Crippen molar-refractivity contribution in [1.29, 1.82) is 0 Å². The predicted molar refractivity (Wildman–Crippen MR) is 68.1 cm³/mol. The van der Waals surface area contributed by atoms with Gasteiger partial charge in [-0.05, 0) is 18.6 Å². The standard InChI is InChI=1S/C12H17NO3S/c1-2-3-6-9-13-12(14)10-7-4-5-8-11(10)17(13,15)16/h4-5,7-8,15-16H,2-3,6,9H2,1H3. The molecular formula is C12H17NO3S. The zero-order valence-corrected chi connectivity index (χ0v) is 10.6. The van der Waals surface area contributed by atoms with E-state index in [0.29, 0.717) is 17.0 Å². The van der Waals surface area contributed by atoms with Crippen LogP contribution in [-0.2, 0) is 0 Å². The van der Waals surface area contributed by atoms with E-state index in [-0.39, 0.29) is 5.91 Å². The first-order chi connectivity index (χ1) is 8.09. The summed E-state index contributed by atoms with van der Waals surface area (Å²) in [5, 5.41) is 0. The van der Waals surface area contributed by atoms with Gasteiger partial charge in [0.1, 0.15) is 0 Å². The van der Waals surface area contributed by atoms with E-state index in [1.54, 1.807) is 24.3 Å². The normalized spacial score (nSPS) is 19.2. The van der Waals surface area contributed by atoms with Crippen molar-refractivity contribution in [2.45, 2.75) is 31.1 Å². The van der Waals surface area contributed by atoms with E-state index in [4.69, 9.17) is 0 Å². The van der Waals surface area contributed by atoms with Crippen molar-refractivity contribution in [2.75, 3.05) is 6.54 Å². The Balaban J connectivity index is 2.24. The number of fused-ring (bicyclic) bond motifs is 1. The molecule has 2 N–H and O–H groups in total. The molecule has 0 unspecified atom stereocenters. The molecule has 0 bridgehead atoms. The van der Waals surface area contributed by atoms with Crippen molar-refractivity contribution in [3.8, 4) is 0 Å². The molecule has 0 atom stereocenters. The van der Waals surface area contributed by atoms with Gasteiger partial charge in [0.15, 0.2) is 0 Å². The maximum Gasteiger partial charge on any atom is 0.274 e. The van der Waals surface area contributed by atoms with Crippen molar-refractivity contribution >= 4 is 16.7 Å². The van der Waals surface area contributed by atoms with Crippen molar-refractivity contribution in [1.82, 2.24) is 4.31 Å². The monoisotopic (exact) mass is 255 g/mol. The Morgan fingerprint density at radius 2 is 1.94 bits per heavy atom. The van der Waals surface area contributed by atoms with Gasteiger partial charge in [-0.15, -0.1) is 0 Å². The summed E-state index contributed by atoms with van der Waals surface area (Å²) in [6.07, 6.45) is 2.82. The molecule has 0 aromatic heterocycles. The molecule has 1 aromatic carbocycles. The third kappa shape index (κ3) is 2.06. The smallest absolute Gasteiger partial charge is 0.274 e. The highest BCUT2D eigenvalue weighted by Gasteiger charge is 2.40. The van der Waals surface area contributed by atoms with Gasteiger partial charge in [-0.2, -0.15) is 0 Å². The second kappa shape index (κ2) is 4.68. The average Bonchev–Trinajstić information content (AvgIpc) is 2.51. The fourth-order valence-corrected chi connectivity index (χ4v) is 3.65. The van der Waals surface area contributed by atoms with Crippen LogP contribution in [0.5, 0.6) is 0 Å². The highest BCUT2D eigenvalue weighted by molar-refractivity contribution is 8.23. The zero-order valence-electron chi connectivity index (χ0n) is 9.80. The maximum atomic E-state index is 12.0. The molecule has 0 fully saturated rings. The van der Waals surface area contributed by atoms with Crippen LogP contribution in [0.15, 0.2) is 29.2 Å². The fraction of sp³-hybridized carbons (Fsp3) is 0.417. The summed E-state index contributed by atoms with van der Waals surface area (Å²) < 4.78 is 21.5. The minimum absolute atomic E-state index is 0.267. The predicted octanol–water partition coefficient (Wildman–Crippen LogP) is 3.36. The summed E-state index contributed by atoms with van der Waals surface area (Å²) in [7, 11) is -3.09. The van der Waals surface area contributed by atoms with Gasteiger partial charge < -0.3 is 0 Å². The second-order valence-corrected chi connectivity index (χ2v) is 6.05. The molecule has 0 radical (unpaired) electrons. The number of hydrogen-bond acceptors (Lipinski definition) is 3. The Hall–Kier alpha value is -1.04. The molecule has 1 aromatic rings. The van der Waals surface area contributed by atoms with Crippen LogP contribution in [0.4, 0.5) is 0 Å². The molecule has 2 rings (SSSR count). The summed E-state index contributed by atoms with van der Waals surface area (Å²) in [5.41, 5.74) is 0.420. The number of benzene rings is 1. The van der Waals surface area contributed by atoms with E-state index >= 15 is 0 Å². The summed E-state index contributed by atoms with van der Waals surface area (Å²) in [4.78, 5) is 12.4. The van der Waals surface area contributed by atoms with Gasteiger partial charge in [0.25, 0.3) is 5.91 Å². The third-order valence-electron chi connectivity index (χ3n) is 2.91. The van der Waals surface area contributed by atoms with Crippen molar-refractivity contribution < 1.29 is 13.9 Å². The highest BCUT2D eigenvalue weighted by Crippen LogP contribution is 2.58. The minimum atomic E-state index is -3.09. The molecule has 5 heteroatoms. The first kappa shape index (κ1) is 12.4. The molecule has 1 heterocycles. The number of amides is 1. The SMILES string of the molecule is CCCCCN1C(=O)c2ccccc2S1(O)O. The van der Waals surface area contributed by atoms with Crippen LogP contribution in [0.3, 0.4) is 0 Å². The number of rotatable bonds is 4. The van der Waals surface area contributed by atoms with E-state index in [2.05, 4.69) is 6.92 Å². The first-order valence-corrected chi connectivity index (χ1v) is 7.28. The highest BCUT2D eigenvalue weighted by atomic mass is 32.3. The van der Waals surface area contributed by atoms with Crippen molar-refractivity contribution in [3.63, 3.8) is 0 Å². The summed E-state index contributed by atoms with van der Waals surface area (Å²) in [5.74, 6) is -0.267. The number of nitrogens with zero attached hydrogens (tertiary/aromatic N) is 1. The van der Waals surface area contributed by atoms with Gasteiger partial charge in [0.05, 0.1) is 10.5 Å². The van der Waals surface area contributed by atoms with Crippen LogP contribution in [0, 0.1) is 0 Å². The van der Waals surface area contributed by atoms with Crippen LogP contribution in [-0.4, -0.2) is 25.9 Å². The lowest BCUT2D eigenvalue weighted by Crippen LogP contribution is -2.28. The van der Waals surface area contributed by atoms with Gasteiger partial charge in [-0.3, -0.25) is 13.9 Å². The summed E-state index contributed by atoms with van der Waals surface area (Å²) in [6.45, 7) is 2.47. The van der Waals surface area contributed by atoms with E-state index in [1.165, 1.54) is 4.31 Å². The van der Waals surface area contributed by atoms with Crippen LogP contribution in [0.25, 0.3) is 0 Å². The molecule has 0 saturated carbocycles. The molecule has 4 nitrogen and oxygen atoms in total. The summed E-state index contributed by atoms with van der Waals surface area (Å²) >= 11 is 0. The molecule has 1 aliphatic heterocycles. The largest absolute Gasteiger partial charge is 0.277 e. The van der Waals surface area contributed by atoms with E-state index in [9.17, 15) is 13.9 Å². The molecular weight excluding hydrogens is 238 g/mol. The number of carbonyl (C=O) groups excluding carboxylic acids is 1. The lowest BCUT2D eigenvalue weighted by atomic mass is 10.2. The Labute approximate surface area is 103 Å². The minimum Gasteiger partial charge on any atom is -0.277 e. The van der Waals surface area contributed by atoms with Gasteiger partial charge in [-0.1, -0.05) is 42.7 Å². The maximum absolute atomic E-state index is 12.0. The van der Waals surface area contributed by atoms with Crippen LogP contribution in [0.1, 0.15) is 36.5 Å². The number of carbonyl (C=O) groups is 1. The number of hydrogen-bond donors (Lipinski definition) is 2. The third-order valence-corrected chi connectivity index (χ3v) is 4.82. The molecule has 0 aliphatic carbocycles. The van der Waals surface area contributed by atoms with E-state index < -0.39 is 10.8 Å². The van der Waals surface area contributed by atoms with Crippen molar-refractivity contribution in [2.24, 2.45) is 0 Å². The van der Waals surface area contributed by atoms with Crippen LogP contribution < -0.4 is 0 Å². The van der Waals surface area contributed by atoms with Gasteiger partial charge in [0.2, 0.25) is 0 Å². The Kier molecular flexibility index (Phi) is 3.42. The van der Waals surface area contributed by atoms with Gasteiger partial charge in [0, 0.05) is 6.54 Å².